The number of rotatable bonds is 4. The Hall–Kier alpha value is -1.89. The van der Waals surface area contributed by atoms with Gasteiger partial charge in [-0.1, -0.05) is 6.07 Å². The number of aryl methyl sites for hydroxylation is 3. The van der Waals surface area contributed by atoms with Crippen LogP contribution in [0.2, 0.25) is 0 Å². The molecular weight excluding hydrogens is 403 g/mol. The van der Waals surface area contributed by atoms with Crippen molar-refractivity contribution in [2.75, 3.05) is 11.9 Å². The van der Waals surface area contributed by atoms with Gasteiger partial charge in [0.2, 0.25) is 5.91 Å². The molecule has 2 aromatic rings. The van der Waals surface area contributed by atoms with E-state index in [1.807, 2.05) is 51.1 Å². The largest absolute Gasteiger partial charge is 0.343 e. The molecule has 0 aromatic heterocycles. The van der Waals surface area contributed by atoms with Gasteiger partial charge in [-0.25, -0.2) is 0 Å². The van der Waals surface area contributed by atoms with Crippen LogP contribution in [0.4, 0.5) is 5.69 Å². The predicted octanol–water partition coefficient (Wildman–Crippen LogP) is 3.58. The highest BCUT2D eigenvalue weighted by Crippen LogP contribution is 2.17. The van der Waals surface area contributed by atoms with Crippen molar-refractivity contribution in [3.63, 3.8) is 0 Å². The van der Waals surface area contributed by atoms with E-state index in [0.29, 0.717) is 5.56 Å². The molecule has 23 heavy (non-hydrogen) atoms. The summed E-state index contributed by atoms with van der Waals surface area (Å²) >= 11 is 2.22. The molecule has 0 saturated carbocycles. The summed E-state index contributed by atoms with van der Waals surface area (Å²) in [6, 6.07) is 11.3. The van der Waals surface area contributed by atoms with Crippen LogP contribution in [0.1, 0.15) is 27.0 Å². The minimum absolute atomic E-state index is 0.0583. The second-order valence-corrected chi connectivity index (χ2v) is 6.73. The lowest BCUT2D eigenvalue weighted by Gasteiger charge is -2.10. The summed E-state index contributed by atoms with van der Waals surface area (Å²) in [6.07, 6.45) is 0. The monoisotopic (exact) mass is 422 g/mol. The van der Waals surface area contributed by atoms with Gasteiger partial charge >= 0.3 is 0 Å². The van der Waals surface area contributed by atoms with E-state index in [-0.39, 0.29) is 18.4 Å². The van der Waals surface area contributed by atoms with Crippen LogP contribution >= 0.6 is 22.6 Å². The first-order valence-electron chi connectivity index (χ1n) is 7.28. The molecule has 2 aromatic carbocycles. The van der Waals surface area contributed by atoms with E-state index in [2.05, 4.69) is 33.2 Å². The van der Waals surface area contributed by atoms with Gasteiger partial charge in [-0.2, -0.15) is 0 Å². The third-order valence-corrected chi connectivity index (χ3v) is 4.31. The molecular formula is C18H19IN2O2. The van der Waals surface area contributed by atoms with Crippen molar-refractivity contribution in [2.24, 2.45) is 0 Å². The van der Waals surface area contributed by atoms with Crippen LogP contribution in [-0.4, -0.2) is 18.4 Å². The molecule has 0 aliphatic rings. The van der Waals surface area contributed by atoms with Crippen LogP contribution in [0.25, 0.3) is 0 Å². The van der Waals surface area contributed by atoms with E-state index >= 15 is 0 Å². The maximum atomic E-state index is 12.1. The Morgan fingerprint density at radius 1 is 0.957 bits per heavy atom. The molecule has 2 amide bonds. The van der Waals surface area contributed by atoms with Crippen LogP contribution < -0.4 is 10.6 Å². The van der Waals surface area contributed by atoms with E-state index in [9.17, 15) is 9.59 Å². The van der Waals surface area contributed by atoms with Crippen LogP contribution in [0.3, 0.4) is 0 Å². The van der Waals surface area contributed by atoms with Crippen molar-refractivity contribution in [3.05, 3.63) is 62.2 Å². The van der Waals surface area contributed by atoms with Crippen molar-refractivity contribution in [1.82, 2.24) is 5.32 Å². The van der Waals surface area contributed by atoms with E-state index < -0.39 is 0 Å². The second kappa shape index (κ2) is 7.59. The van der Waals surface area contributed by atoms with Gasteiger partial charge in [-0.05, 0) is 90.4 Å². The van der Waals surface area contributed by atoms with Gasteiger partial charge in [-0.15, -0.1) is 0 Å². The highest BCUT2D eigenvalue weighted by atomic mass is 127. The Bertz CT molecular complexity index is 757. The standard InChI is InChI=1S/C18H19IN2O2/c1-11-4-5-14(8-12(11)2)18(23)20-10-17(22)21-16-7-6-15(19)9-13(16)3/h4-9H,10H2,1-3H3,(H,20,23)(H,21,22). The highest BCUT2D eigenvalue weighted by Gasteiger charge is 2.10. The number of hydrogen-bond donors (Lipinski definition) is 2. The molecule has 2 N–H and O–H groups in total. The maximum absolute atomic E-state index is 12.1. The summed E-state index contributed by atoms with van der Waals surface area (Å²) in [4.78, 5) is 24.1. The third kappa shape index (κ3) is 4.79. The molecule has 0 atom stereocenters. The smallest absolute Gasteiger partial charge is 0.251 e. The van der Waals surface area contributed by atoms with E-state index in [4.69, 9.17) is 0 Å². The van der Waals surface area contributed by atoms with Gasteiger partial charge in [0.25, 0.3) is 5.91 Å². The zero-order valence-electron chi connectivity index (χ0n) is 13.4. The summed E-state index contributed by atoms with van der Waals surface area (Å²) in [6.45, 7) is 5.83. The van der Waals surface area contributed by atoms with Crippen molar-refractivity contribution in [1.29, 1.82) is 0 Å². The Balaban J connectivity index is 1.93. The van der Waals surface area contributed by atoms with Gasteiger partial charge in [0.05, 0.1) is 6.54 Å². The summed E-state index contributed by atoms with van der Waals surface area (Å²) in [5.41, 5.74) is 4.50. The van der Waals surface area contributed by atoms with Crippen LogP contribution in [0, 0.1) is 24.3 Å². The molecule has 0 spiro atoms. The molecule has 5 heteroatoms. The highest BCUT2D eigenvalue weighted by molar-refractivity contribution is 14.1. The first-order valence-corrected chi connectivity index (χ1v) is 8.36. The van der Waals surface area contributed by atoms with Crippen molar-refractivity contribution in [3.8, 4) is 0 Å². The van der Waals surface area contributed by atoms with Crippen LogP contribution in [0.5, 0.6) is 0 Å². The number of nitrogens with one attached hydrogen (secondary N) is 2. The fourth-order valence-electron chi connectivity index (χ4n) is 2.11. The number of carbonyl (C=O) groups excluding carboxylic acids is 2. The zero-order chi connectivity index (χ0) is 17.0. The molecule has 0 bridgehead atoms. The average molecular weight is 422 g/mol. The lowest BCUT2D eigenvalue weighted by Crippen LogP contribution is -2.33. The van der Waals surface area contributed by atoms with Crippen molar-refractivity contribution in [2.45, 2.75) is 20.8 Å². The Labute approximate surface area is 149 Å². The van der Waals surface area contributed by atoms with E-state index in [0.717, 1.165) is 25.9 Å². The Morgan fingerprint density at radius 3 is 2.35 bits per heavy atom. The molecule has 0 unspecified atom stereocenters. The van der Waals surface area contributed by atoms with Gasteiger partial charge in [0.1, 0.15) is 0 Å². The normalized spacial score (nSPS) is 10.3. The number of hydrogen-bond acceptors (Lipinski definition) is 2. The quantitative estimate of drug-likeness (QED) is 0.741. The Kier molecular flexibility index (Phi) is 5.76. The Morgan fingerprint density at radius 2 is 1.70 bits per heavy atom. The average Bonchev–Trinajstić information content (AvgIpc) is 2.50. The fraction of sp³-hybridized carbons (Fsp3) is 0.222. The lowest BCUT2D eigenvalue weighted by molar-refractivity contribution is -0.115. The van der Waals surface area contributed by atoms with Crippen molar-refractivity contribution < 1.29 is 9.59 Å². The SMILES string of the molecule is Cc1ccc(C(=O)NCC(=O)Nc2ccc(I)cc2C)cc1C. The fourth-order valence-corrected chi connectivity index (χ4v) is 2.75. The molecule has 0 aliphatic carbocycles. The first kappa shape index (κ1) is 17.5. The van der Waals surface area contributed by atoms with Crippen LogP contribution in [-0.2, 0) is 4.79 Å². The van der Waals surface area contributed by atoms with Crippen LogP contribution in [0.15, 0.2) is 36.4 Å². The molecule has 2 rings (SSSR count). The molecule has 0 saturated heterocycles. The molecule has 0 radical (unpaired) electrons. The minimum atomic E-state index is -0.248. The number of halogens is 1. The van der Waals surface area contributed by atoms with Gasteiger partial charge in [0, 0.05) is 14.8 Å². The van der Waals surface area contributed by atoms with E-state index in [1.165, 1.54) is 0 Å². The zero-order valence-corrected chi connectivity index (χ0v) is 15.5. The molecule has 0 aliphatic heterocycles. The van der Waals surface area contributed by atoms with Gasteiger partial charge < -0.3 is 10.6 Å². The summed E-state index contributed by atoms with van der Waals surface area (Å²) in [5.74, 6) is -0.492. The third-order valence-electron chi connectivity index (χ3n) is 3.64. The summed E-state index contributed by atoms with van der Waals surface area (Å²) in [5, 5.41) is 5.45. The molecule has 0 fully saturated rings. The lowest BCUT2D eigenvalue weighted by atomic mass is 10.1. The molecule has 0 heterocycles. The van der Waals surface area contributed by atoms with Gasteiger partial charge in [-0.3, -0.25) is 9.59 Å². The number of amides is 2. The number of carbonyl (C=O) groups is 2. The second-order valence-electron chi connectivity index (χ2n) is 5.49. The van der Waals surface area contributed by atoms with Crippen molar-refractivity contribution >= 4 is 40.1 Å². The minimum Gasteiger partial charge on any atom is -0.343 e. The molecule has 4 nitrogen and oxygen atoms in total. The number of anilines is 1. The van der Waals surface area contributed by atoms with Gasteiger partial charge in [0.15, 0.2) is 0 Å². The maximum Gasteiger partial charge on any atom is 0.251 e. The summed E-state index contributed by atoms with van der Waals surface area (Å²) in [7, 11) is 0. The predicted molar refractivity (Wildman–Crippen MR) is 101 cm³/mol. The molecule has 120 valence electrons. The number of benzene rings is 2. The first-order chi connectivity index (χ1) is 10.9. The topological polar surface area (TPSA) is 58.2 Å². The summed E-state index contributed by atoms with van der Waals surface area (Å²) < 4.78 is 1.11. The van der Waals surface area contributed by atoms with E-state index in [1.54, 1.807) is 6.07 Å².